The molecule has 6 nitrogen and oxygen atoms in total. The van der Waals surface area contributed by atoms with Crippen molar-refractivity contribution in [1.29, 1.82) is 0 Å². The Hall–Kier alpha value is -3.36. The van der Waals surface area contributed by atoms with Crippen LogP contribution < -0.4 is 9.80 Å². The Bertz CT molecular complexity index is 1030. The topological polar surface area (TPSA) is 66.9 Å². The van der Waals surface area contributed by atoms with Gasteiger partial charge >= 0.3 is 12.1 Å². The molecule has 0 saturated carbocycles. The van der Waals surface area contributed by atoms with Crippen LogP contribution in [0.4, 0.5) is 24.5 Å². The lowest BCUT2D eigenvalue weighted by molar-refractivity contribution is -0.142. The van der Waals surface area contributed by atoms with Crippen LogP contribution in [0.5, 0.6) is 0 Å². The number of fused-ring (bicyclic) bond motifs is 1. The average molecular weight is 434 g/mol. The lowest BCUT2D eigenvalue weighted by Gasteiger charge is -2.36. The van der Waals surface area contributed by atoms with Crippen LogP contribution in [0.2, 0.25) is 0 Å². The van der Waals surface area contributed by atoms with Crippen LogP contribution in [0.15, 0.2) is 36.4 Å². The molecule has 0 radical (unpaired) electrons. The summed E-state index contributed by atoms with van der Waals surface area (Å²) in [7, 11) is 0. The molecule has 9 heteroatoms. The van der Waals surface area contributed by atoms with Gasteiger partial charge in [-0.15, -0.1) is 0 Å². The fourth-order valence-corrected chi connectivity index (χ4v) is 3.31. The van der Waals surface area contributed by atoms with Gasteiger partial charge in [-0.05, 0) is 68.3 Å². The highest BCUT2D eigenvalue weighted by Gasteiger charge is 2.35. The molecule has 164 valence electrons. The molecule has 1 aliphatic heterocycles. The number of esters is 1. The molecule has 1 aliphatic rings. The number of rotatable bonds is 4. The van der Waals surface area contributed by atoms with E-state index in [0.717, 1.165) is 35.4 Å². The largest absolute Gasteiger partial charge is 0.465 e. The summed E-state index contributed by atoms with van der Waals surface area (Å²) >= 11 is 0. The van der Waals surface area contributed by atoms with Crippen LogP contribution in [-0.2, 0) is 20.5 Å². The Morgan fingerprint density at radius 2 is 1.61 bits per heavy atom. The van der Waals surface area contributed by atoms with Crippen molar-refractivity contribution in [3.63, 3.8) is 0 Å². The molecule has 0 bridgehead atoms. The van der Waals surface area contributed by atoms with Gasteiger partial charge in [-0.25, -0.2) is 0 Å². The summed E-state index contributed by atoms with van der Waals surface area (Å²) in [5, 5.41) is 0. The zero-order valence-corrected chi connectivity index (χ0v) is 17.2. The van der Waals surface area contributed by atoms with Gasteiger partial charge in [-0.1, -0.05) is 0 Å². The Kier molecular flexibility index (Phi) is 6.06. The van der Waals surface area contributed by atoms with E-state index in [2.05, 4.69) is 0 Å². The summed E-state index contributed by atoms with van der Waals surface area (Å²) in [6.07, 6.45) is -4.52. The van der Waals surface area contributed by atoms with E-state index >= 15 is 0 Å². The third-order valence-electron chi connectivity index (χ3n) is 5.06. The average Bonchev–Trinajstić information content (AvgIpc) is 2.70. The number of amides is 2. The Balaban J connectivity index is 2.00. The van der Waals surface area contributed by atoms with Crippen LogP contribution in [0.25, 0.3) is 0 Å². The van der Waals surface area contributed by atoms with Gasteiger partial charge in [0.1, 0.15) is 13.1 Å². The van der Waals surface area contributed by atoms with E-state index in [0.29, 0.717) is 11.4 Å². The zero-order valence-electron chi connectivity index (χ0n) is 17.2. The number of carbonyl (C=O) groups excluding carboxylic acids is 3. The fraction of sp³-hybridized carbons (Fsp3) is 0.318. The summed E-state index contributed by atoms with van der Waals surface area (Å²) in [5.74, 6) is -1.69. The van der Waals surface area contributed by atoms with Crippen LogP contribution in [0, 0.1) is 13.8 Å². The summed E-state index contributed by atoms with van der Waals surface area (Å²) in [6, 6.07) is 7.24. The predicted molar refractivity (Wildman–Crippen MR) is 108 cm³/mol. The van der Waals surface area contributed by atoms with Crippen LogP contribution >= 0.6 is 0 Å². The number of anilines is 2. The van der Waals surface area contributed by atoms with E-state index in [1.54, 1.807) is 19.1 Å². The van der Waals surface area contributed by atoms with E-state index in [4.69, 9.17) is 4.74 Å². The Labute approximate surface area is 177 Å². The minimum atomic E-state index is -4.52. The zero-order chi connectivity index (χ0) is 22.9. The summed E-state index contributed by atoms with van der Waals surface area (Å²) in [4.78, 5) is 40.3. The highest BCUT2D eigenvalue weighted by Crippen LogP contribution is 2.37. The highest BCUT2D eigenvalue weighted by molar-refractivity contribution is 6.16. The van der Waals surface area contributed by atoms with Crippen LogP contribution in [0.3, 0.4) is 0 Å². The van der Waals surface area contributed by atoms with Gasteiger partial charge in [0.05, 0.1) is 23.5 Å². The van der Waals surface area contributed by atoms with Gasteiger partial charge < -0.3 is 4.74 Å². The molecule has 0 fully saturated rings. The smallest absolute Gasteiger partial charge is 0.416 e. The minimum absolute atomic E-state index is 0.0174. The monoisotopic (exact) mass is 434 g/mol. The van der Waals surface area contributed by atoms with Crippen molar-refractivity contribution in [1.82, 2.24) is 0 Å². The number of benzene rings is 2. The molecule has 0 spiro atoms. The first kappa shape index (κ1) is 22.3. The van der Waals surface area contributed by atoms with Crippen molar-refractivity contribution in [3.05, 3.63) is 58.7 Å². The minimum Gasteiger partial charge on any atom is -0.465 e. The molecule has 2 aromatic rings. The first-order valence-electron chi connectivity index (χ1n) is 9.59. The van der Waals surface area contributed by atoms with Crippen molar-refractivity contribution in [2.75, 3.05) is 29.5 Å². The molecule has 0 aromatic heterocycles. The second-order valence-corrected chi connectivity index (χ2v) is 7.18. The van der Waals surface area contributed by atoms with Crippen molar-refractivity contribution in [2.45, 2.75) is 26.9 Å². The molecule has 0 aliphatic carbocycles. The molecule has 3 rings (SSSR count). The van der Waals surface area contributed by atoms with Crippen molar-refractivity contribution >= 4 is 29.2 Å². The van der Waals surface area contributed by atoms with E-state index < -0.39 is 29.5 Å². The van der Waals surface area contributed by atoms with Gasteiger partial charge in [0, 0.05) is 5.56 Å². The number of aryl methyl sites for hydroxylation is 2. The van der Waals surface area contributed by atoms with E-state index in [1.165, 1.54) is 9.80 Å². The third-order valence-corrected chi connectivity index (χ3v) is 5.06. The molecule has 0 unspecified atom stereocenters. The van der Waals surface area contributed by atoms with Crippen LogP contribution in [0.1, 0.15) is 34.0 Å². The normalized spacial score (nSPS) is 13.8. The van der Waals surface area contributed by atoms with Crippen molar-refractivity contribution < 1.29 is 32.3 Å². The molecule has 2 aromatic carbocycles. The predicted octanol–water partition coefficient (Wildman–Crippen LogP) is 3.88. The van der Waals surface area contributed by atoms with E-state index in [-0.39, 0.29) is 25.3 Å². The lowest BCUT2D eigenvalue weighted by Crippen LogP contribution is -2.50. The molecule has 1 heterocycles. The van der Waals surface area contributed by atoms with Gasteiger partial charge in [0.2, 0.25) is 5.91 Å². The quantitative estimate of drug-likeness (QED) is 0.685. The molecule has 0 saturated heterocycles. The second kappa shape index (κ2) is 8.41. The maximum Gasteiger partial charge on any atom is 0.416 e. The SMILES string of the molecule is CCOC(=O)CN1C(=O)CN(C(=O)c2ccc(C(F)(F)F)cc2)c2cc(C)c(C)cc21. The fourth-order valence-electron chi connectivity index (χ4n) is 3.31. The highest BCUT2D eigenvalue weighted by atomic mass is 19.4. The second-order valence-electron chi connectivity index (χ2n) is 7.18. The first-order chi connectivity index (χ1) is 14.5. The number of hydrogen-bond donors (Lipinski definition) is 0. The van der Waals surface area contributed by atoms with Crippen molar-refractivity contribution in [3.8, 4) is 0 Å². The van der Waals surface area contributed by atoms with E-state index in [9.17, 15) is 27.6 Å². The standard InChI is InChI=1S/C22H21F3N2O4/c1-4-31-20(29)12-26-17-9-13(2)14(3)10-18(17)27(11-19(26)28)21(30)15-5-7-16(8-6-15)22(23,24)25/h5-10H,4,11-12H2,1-3H3. The summed E-state index contributed by atoms with van der Waals surface area (Å²) in [5.41, 5.74) is 1.62. The number of halogens is 3. The molecule has 0 N–H and O–H groups in total. The lowest BCUT2D eigenvalue weighted by atomic mass is 10.0. The molecule has 31 heavy (non-hydrogen) atoms. The number of alkyl halides is 3. The molecule has 0 atom stereocenters. The first-order valence-corrected chi connectivity index (χ1v) is 9.59. The third kappa shape index (κ3) is 4.55. The number of hydrogen-bond acceptors (Lipinski definition) is 4. The molecule has 2 amide bonds. The molecular weight excluding hydrogens is 413 g/mol. The number of nitrogens with zero attached hydrogens (tertiary/aromatic N) is 2. The Morgan fingerprint density at radius 3 is 2.16 bits per heavy atom. The van der Waals surface area contributed by atoms with Crippen molar-refractivity contribution in [2.24, 2.45) is 0 Å². The molecular formula is C22H21F3N2O4. The van der Waals surface area contributed by atoms with Gasteiger partial charge in [-0.2, -0.15) is 13.2 Å². The van der Waals surface area contributed by atoms with Gasteiger partial charge in [0.15, 0.2) is 0 Å². The maximum atomic E-state index is 13.1. The number of ether oxygens (including phenoxy) is 1. The van der Waals surface area contributed by atoms with E-state index in [1.807, 2.05) is 13.8 Å². The van der Waals surface area contributed by atoms with Crippen LogP contribution in [-0.4, -0.2) is 37.5 Å². The van der Waals surface area contributed by atoms with Gasteiger partial charge in [-0.3, -0.25) is 24.2 Å². The number of carbonyl (C=O) groups is 3. The Morgan fingerprint density at radius 1 is 1.03 bits per heavy atom. The van der Waals surface area contributed by atoms with Gasteiger partial charge in [0.25, 0.3) is 5.91 Å². The maximum absolute atomic E-state index is 13.1. The summed E-state index contributed by atoms with van der Waals surface area (Å²) < 4.78 is 43.4. The summed E-state index contributed by atoms with van der Waals surface area (Å²) in [6.45, 7) is 4.84.